The smallest absolute Gasteiger partial charge is 0.305 e. The van der Waals surface area contributed by atoms with Crippen LogP contribution in [0.2, 0.25) is 0 Å². The number of nitrogens with zero attached hydrogens (tertiary/aromatic N) is 1. The van der Waals surface area contributed by atoms with Crippen molar-refractivity contribution in [3.63, 3.8) is 0 Å². The van der Waals surface area contributed by atoms with Gasteiger partial charge in [-0.1, -0.05) is 58.0 Å². The molecule has 9 N–H and O–H groups in total. The Morgan fingerprint density at radius 2 is 1.50 bits per heavy atom. The van der Waals surface area contributed by atoms with E-state index in [0.717, 1.165) is 0 Å². The average molecular weight is 569 g/mol. The maximum Gasteiger partial charge on any atom is 0.305 e. The second-order valence-electron chi connectivity index (χ2n) is 10.7. The number of hydrogen-bond donors (Lipinski definition) is 8. The van der Waals surface area contributed by atoms with Gasteiger partial charge >= 0.3 is 5.97 Å². The van der Waals surface area contributed by atoms with Crippen LogP contribution in [0.1, 0.15) is 52.1 Å². The standard InChI is InChI=1S/C27H44N4O9/c1-14(2)11-19(31(5)27(40)21(28)15(3)4)25(38)30-18(13-32)22(35)23(36)24(37)26(39)29-17(12-20(33)34)16-9-7-6-8-10-16/h6-10,14-15,17-19,21-24,32,35-37H,11-13,28H2,1-5H3,(H,29,39)(H,30,38)(H,33,34)/t17-,18-,19-,21-,22+,23+,24-/m0/s1. The largest absolute Gasteiger partial charge is 0.481 e. The number of hydrogen-bond acceptors (Lipinski definition) is 9. The minimum Gasteiger partial charge on any atom is -0.481 e. The number of aliphatic hydroxyl groups excluding tert-OH is 4. The summed E-state index contributed by atoms with van der Waals surface area (Å²) in [5.74, 6) is -3.83. The van der Waals surface area contributed by atoms with Gasteiger partial charge in [0, 0.05) is 7.05 Å². The van der Waals surface area contributed by atoms with Gasteiger partial charge in [0.25, 0.3) is 5.91 Å². The molecule has 0 spiro atoms. The maximum atomic E-state index is 13.2. The van der Waals surface area contributed by atoms with Crippen molar-refractivity contribution in [2.45, 2.75) is 83.0 Å². The first-order chi connectivity index (χ1) is 18.6. The van der Waals surface area contributed by atoms with Crippen molar-refractivity contribution >= 4 is 23.7 Å². The topological polar surface area (TPSA) is 223 Å². The molecule has 0 saturated carbocycles. The summed E-state index contributed by atoms with van der Waals surface area (Å²) in [6, 6.07) is 3.67. The summed E-state index contributed by atoms with van der Waals surface area (Å²) in [4.78, 5) is 51.1. The highest BCUT2D eigenvalue weighted by atomic mass is 16.4. The second-order valence-corrected chi connectivity index (χ2v) is 10.7. The number of nitrogens with one attached hydrogen (secondary N) is 2. The van der Waals surface area contributed by atoms with Gasteiger partial charge in [-0.25, -0.2) is 0 Å². The number of likely N-dealkylation sites (N-methyl/N-ethyl adjacent to an activating group) is 1. The van der Waals surface area contributed by atoms with E-state index in [2.05, 4.69) is 10.6 Å². The Morgan fingerprint density at radius 1 is 0.925 bits per heavy atom. The molecule has 0 fully saturated rings. The summed E-state index contributed by atoms with van der Waals surface area (Å²) >= 11 is 0. The molecule has 40 heavy (non-hydrogen) atoms. The SMILES string of the molecule is CC(C)C[C@@H](C(=O)N[C@@H](CO)[C@@H](O)[C@@H](O)[C@H](O)C(=O)N[C@@H](CC(=O)O)c1ccccc1)N(C)C(=O)[C@@H](N)C(C)C. The van der Waals surface area contributed by atoms with E-state index in [1.54, 1.807) is 44.2 Å². The highest BCUT2D eigenvalue weighted by molar-refractivity contribution is 5.90. The zero-order chi connectivity index (χ0) is 30.7. The van der Waals surface area contributed by atoms with E-state index in [4.69, 9.17) is 5.73 Å². The molecule has 0 unspecified atom stereocenters. The Bertz CT molecular complexity index is 976. The average Bonchev–Trinajstić information content (AvgIpc) is 2.91. The van der Waals surface area contributed by atoms with E-state index in [1.165, 1.54) is 11.9 Å². The van der Waals surface area contributed by atoms with Crippen LogP contribution in [0, 0.1) is 11.8 Å². The first kappa shape index (κ1) is 34.9. The molecule has 13 nitrogen and oxygen atoms in total. The minimum absolute atomic E-state index is 0.0294. The van der Waals surface area contributed by atoms with E-state index in [0.29, 0.717) is 5.56 Å². The molecule has 3 amide bonds. The quantitative estimate of drug-likeness (QED) is 0.118. The molecule has 0 bridgehead atoms. The van der Waals surface area contributed by atoms with Crippen LogP contribution >= 0.6 is 0 Å². The Kier molecular flexibility index (Phi) is 14.2. The molecule has 0 radical (unpaired) electrons. The van der Waals surface area contributed by atoms with Crippen LogP contribution in [0.4, 0.5) is 0 Å². The fourth-order valence-electron chi connectivity index (χ4n) is 4.03. The number of aliphatic carboxylic acids is 1. The Labute approximate surface area is 234 Å². The van der Waals surface area contributed by atoms with Gasteiger partial charge in [0.1, 0.15) is 18.2 Å². The minimum atomic E-state index is -2.24. The monoisotopic (exact) mass is 568 g/mol. The predicted octanol–water partition coefficient (Wildman–Crippen LogP) is -1.27. The van der Waals surface area contributed by atoms with Gasteiger partial charge in [-0.2, -0.15) is 0 Å². The van der Waals surface area contributed by atoms with Gasteiger partial charge in [0.15, 0.2) is 6.10 Å². The van der Waals surface area contributed by atoms with Crippen LogP contribution in [-0.4, -0.2) is 104 Å². The third-order valence-electron chi connectivity index (χ3n) is 6.59. The Morgan fingerprint density at radius 3 is 1.98 bits per heavy atom. The van der Waals surface area contributed by atoms with Crippen molar-refractivity contribution in [2.24, 2.45) is 17.6 Å². The molecule has 0 aromatic heterocycles. The molecule has 0 aliphatic rings. The number of carboxylic acids is 1. The molecule has 1 aromatic rings. The first-order valence-electron chi connectivity index (χ1n) is 13.2. The lowest BCUT2D eigenvalue weighted by Crippen LogP contribution is -2.60. The molecule has 1 aromatic carbocycles. The second kappa shape index (κ2) is 16.2. The van der Waals surface area contributed by atoms with E-state index in [-0.39, 0.29) is 18.3 Å². The Balaban J connectivity index is 3.02. The van der Waals surface area contributed by atoms with Crippen LogP contribution in [0.3, 0.4) is 0 Å². The van der Waals surface area contributed by atoms with Gasteiger partial charge in [0.05, 0.1) is 31.2 Å². The summed E-state index contributed by atoms with van der Waals surface area (Å²) in [5, 5.41) is 55.4. The number of nitrogens with two attached hydrogens (primary N) is 1. The highest BCUT2D eigenvalue weighted by Crippen LogP contribution is 2.18. The number of benzene rings is 1. The van der Waals surface area contributed by atoms with E-state index >= 15 is 0 Å². The third-order valence-corrected chi connectivity index (χ3v) is 6.59. The molecule has 1 rings (SSSR count). The molecule has 13 heteroatoms. The van der Waals surface area contributed by atoms with E-state index in [9.17, 15) is 44.7 Å². The van der Waals surface area contributed by atoms with Crippen molar-refractivity contribution in [3.05, 3.63) is 35.9 Å². The number of rotatable bonds is 16. The van der Waals surface area contributed by atoms with Crippen molar-refractivity contribution in [2.75, 3.05) is 13.7 Å². The van der Waals surface area contributed by atoms with Gasteiger partial charge in [-0.3, -0.25) is 19.2 Å². The van der Waals surface area contributed by atoms with Crippen LogP contribution in [0.15, 0.2) is 30.3 Å². The zero-order valence-electron chi connectivity index (χ0n) is 23.6. The van der Waals surface area contributed by atoms with Crippen LogP contribution in [-0.2, 0) is 19.2 Å². The van der Waals surface area contributed by atoms with Gasteiger partial charge in [0.2, 0.25) is 11.8 Å². The molecule has 0 aliphatic carbocycles. The fourth-order valence-corrected chi connectivity index (χ4v) is 4.03. The molecule has 226 valence electrons. The molecule has 0 heterocycles. The molecular weight excluding hydrogens is 524 g/mol. The molecule has 0 saturated heterocycles. The lowest BCUT2D eigenvalue weighted by atomic mass is 9.97. The molecular formula is C27H44N4O9. The van der Waals surface area contributed by atoms with Gasteiger partial charge in [-0.15, -0.1) is 0 Å². The van der Waals surface area contributed by atoms with Crippen molar-refractivity contribution in [1.82, 2.24) is 15.5 Å². The predicted molar refractivity (Wildman–Crippen MR) is 145 cm³/mol. The lowest BCUT2D eigenvalue weighted by molar-refractivity contribution is -0.147. The molecule has 0 aliphatic heterocycles. The summed E-state index contributed by atoms with van der Waals surface area (Å²) in [5.41, 5.74) is 6.41. The molecule has 7 atom stereocenters. The first-order valence-corrected chi connectivity index (χ1v) is 13.2. The van der Waals surface area contributed by atoms with Crippen molar-refractivity contribution < 1.29 is 44.7 Å². The van der Waals surface area contributed by atoms with E-state index in [1.807, 2.05) is 13.8 Å². The summed E-state index contributed by atoms with van der Waals surface area (Å²) < 4.78 is 0. The number of carboxylic acid groups (broad SMARTS) is 1. The number of amides is 3. The number of aliphatic hydroxyl groups is 4. The van der Waals surface area contributed by atoms with E-state index < -0.39 is 79.2 Å². The summed E-state index contributed by atoms with van der Waals surface area (Å²) in [6.07, 6.45) is -6.70. The Hall–Kier alpha value is -3.10. The van der Waals surface area contributed by atoms with Crippen LogP contribution in [0.25, 0.3) is 0 Å². The number of carbonyl (C=O) groups excluding carboxylic acids is 3. The summed E-state index contributed by atoms with van der Waals surface area (Å²) in [7, 11) is 1.42. The third kappa shape index (κ3) is 10.1. The number of carbonyl (C=O) groups is 4. The highest BCUT2D eigenvalue weighted by Gasteiger charge is 2.38. The van der Waals surface area contributed by atoms with Gasteiger partial charge in [-0.05, 0) is 23.8 Å². The normalized spacial score (nSPS) is 16.8. The summed E-state index contributed by atoms with van der Waals surface area (Å²) in [6.45, 7) is 6.33. The van der Waals surface area contributed by atoms with Crippen LogP contribution in [0.5, 0.6) is 0 Å². The van der Waals surface area contributed by atoms with Crippen molar-refractivity contribution in [1.29, 1.82) is 0 Å². The lowest BCUT2D eigenvalue weighted by Gasteiger charge is -2.34. The fraction of sp³-hybridized carbons (Fsp3) is 0.630. The maximum absolute atomic E-state index is 13.2. The van der Waals surface area contributed by atoms with Gasteiger partial charge < -0.3 is 46.8 Å². The zero-order valence-corrected chi connectivity index (χ0v) is 23.6. The van der Waals surface area contributed by atoms with Crippen molar-refractivity contribution in [3.8, 4) is 0 Å². The van der Waals surface area contributed by atoms with Crippen LogP contribution < -0.4 is 16.4 Å².